The Morgan fingerprint density at radius 2 is 2.00 bits per heavy atom. The number of benzene rings is 1. The SMILES string of the molecule is Cc1ccc([C@@H](C)n2cncc2C(=O)O)cc1. The topological polar surface area (TPSA) is 55.1 Å². The summed E-state index contributed by atoms with van der Waals surface area (Å²) in [5, 5.41) is 9.03. The number of aromatic nitrogens is 2. The minimum Gasteiger partial charge on any atom is -0.477 e. The second kappa shape index (κ2) is 4.41. The highest BCUT2D eigenvalue weighted by atomic mass is 16.4. The Labute approximate surface area is 99.5 Å². The predicted molar refractivity (Wildman–Crippen MR) is 64.2 cm³/mol. The lowest BCUT2D eigenvalue weighted by Gasteiger charge is -2.15. The first kappa shape index (κ1) is 11.4. The Hall–Kier alpha value is -2.10. The van der Waals surface area contributed by atoms with E-state index in [2.05, 4.69) is 4.98 Å². The Morgan fingerprint density at radius 3 is 2.59 bits per heavy atom. The molecule has 0 saturated heterocycles. The molecule has 4 heteroatoms. The molecular weight excluding hydrogens is 216 g/mol. The third kappa shape index (κ3) is 2.20. The maximum absolute atomic E-state index is 11.0. The minimum atomic E-state index is -0.957. The van der Waals surface area contributed by atoms with Crippen LogP contribution in [0.15, 0.2) is 36.8 Å². The van der Waals surface area contributed by atoms with E-state index < -0.39 is 5.97 Å². The summed E-state index contributed by atoms with van der Waals surface area (Å²) in [6.45, 7) is 3.98. The van der Waals surface area contributed by atoms with E-state index in [1.54, 1.807) is 10.9 Å². The highest BCUT2D eigenvalue weighted by Gasteiger charge is 2.15. The smallest absolute Gasteiger partial charge is 0.354 e. The Balaban J connectivity index is 2.36. The van der Waals surface area contributed by atoms with Crippen molar-refractivity contribution in [2.24, 2.45) is 0 Å². The van der Waals surface area contributed by atoms with Crippen molar-refractivity contribution in [3.63, 3.8) is 0 Å². The molecule has 1 atom stereocenters. The van der Waals surface area contributed by atoms with Crippen LogP contribution in [0.2, 0.25) is 0 Å². The molecule has 1 aromatic heterocycles. The molecule has 0 radical (unpaired) electrons. The third-order valence-electron chi connectivity index (χ3n) is 2.86. The van der Waals surface area contributed by atoms with Crippen LogP contribution in [-0.2, 0) is 0 Å². The number of carboxylic acid groups (broad SMARTS) is 1. The molecule has 1 heterocycles. The molecule has 2 rings (SSSR count). The molecule has 0 aliphatic carbocycles. The van der Waals surface area contributed by atoms with E-state index in [4.69, 9.17) is 5.11 Å². The van der Waals surface area contributed by atoms with E-state index in [1.165, 1.54) is 11.8 Å². The summed E-state index contributed by atoms with van der Waals surface area (Å²) in [7, 11) is 0. The van der Waals surface area contributed by atoms with E-state index >= 15 is 0 Å². The molecule has 0 fully saturated rings. The monoisotopic (exact) mass is 230 g/mol. The van der Waals surface area contributed by atoms with Crippen LogP contribution in [0.5, 0.6) is 0 Å². The van der Waals surface area contributed by atoms with Crippen molar-refractivity contribution >= 4 is 5.97 Å². The van der Waals surface area contributed by atoms with Crippen LogP contribution in [-0.4, -0.2) is 20.6 Å². The molecular formula is C13H14N2O2. The molecule has 2 aromatic rings. The summed E-state index contributed by atoms with van der Waals surface area (Å²) in [5.74, 6) is -0.957. The molecule has 4 nitrogen and oxygen atoms in total. The molecule has 17 heavy (non-hydrogen) atoms. The van der Waals surface area contributed by atoms with Crippen molar-refractivity contribution in [2.45, 2.75) is 19.9 Å². The van der Waals surface area contributed by atoms with Gasteiger partial charge >= 0.3 is 5.97 Å². The molecule has 1 aromatic carbocycles. The van der Waals surface area contributed by atoms with Gasteiger partial charge in [0.2, 0.25) is 0 Å². The van der Waals surface area contributed by atoms with Crippen LogP contribution in [0.25, 0.3) is 0 Å². The summed E-state index contributed by atoms with van der Waals surface area (Å²) in [6.07, 6.45) is 2.92. The zero-order chi connectivity index (χ0) is 12.4. The number of rotatable bonds is 3. The van der Waals surface area contributed by atoms with Crippen LogP contribution in [0.3, 0.4) is 0 Å². The molecule has 0 aliphatic rings. The Kier molecular flexibility index (Phi) is 2.95. The largest absolute Gasteiger partial charge is 0.477 e. The van der Waals surface area contributed by atoms with Gasteiger partial charge in [-0.1, -0.05) is 29.8 Å². The van der Waals surface area contributed by atoms with Crippen LogP contribution in [0, 0.1) is 6.92 Å². The second-order valence-corrected chi connectivity index (χ2v) is 4.08. The van der Waals surface area contributed by atoms with Crippen molar-refractivity contribution in [1.29, 1.82) is 0 Å². The average Bonchev–Trinajstić information content (AvgIpc) is 2.78. The zero-order valence-corrected chi connectivity index (χ0v) is 9.79. The molecule has 0 unspecified atom stereocenters. The fourth-order valence-corrected chi connectivity index (χ4v) is 1.78. The highest BCUT2D eigenvalue weighted by molar-refractivity contribution is 5.85. The standard InChI is InChI=1S/C13H14N2O2/c1-9-3-5-11(6-4-9)10(2)15-8-14-7-12(15)13(16)17/h3-8,10H,1-2H3,(H,16,17)/t10-/m1/s1. The number of aromatic carboxylic acids is 1. The lowest BCUT2D eigenvalue weighted by atomic mass is 10.1. The average molecular weight is 230 g/mol. The van der Waals surface area contributed by atoms with Crippen LogP contribution in [0.4, 0.5) is 0 Å². The van der Waals surface area contributed by atoms with Crippen LogP contribution in [0.1, 0.15) is 34.6 Å². The quantitative estimate of drug-likeness (QED) is 0.881. The van der Waals surface area contributed by atoms with Crippen molar-refractivity contribution in [1.82, 2.24) is 9.55 Å². The lowest BCUT2D eigenvalue weighted by molar-refractivity contribution is 0.0684. The minimum absolute atomic E-state index is 0.0378. The van der Waals surface area contributed by atoms with Gasteiger partial charge in [0.25, 0.3) is 0 Å². The molecule has 0 bridgehead atoms. The molecule has 0 aliphatic heterocycles. The fraction of sp³-hybridized carbons (Fsp3) is 0.231. The van der Waals surface area contributed by atoms with Crippen molar-refractivity contribution in [3.8, 4) is 0 Å². The molecule has 0 spiro atoms. The zero-order valence-electron chi connectivity index (χ0n) is 9.79. The fourth-order valence-electron chi connectivity index (χ4n) is 1.78. The van der Waals surface area contributed by atoms with Crippen molar-refractivity contribution in [3.05, 3.63) is 53.6 Å². The number of aryl methyl sites for hydroxylation is 1. The lowest BCUT2D eigenvalue weighted by Crippen LogP contribution is -2.12. The van der Waals surface area contributed by atoms with Gasteiger partial charge in [0.15, 0.2) is 0 Å². The Bertz CT molecular complexity index is 529. The number of hydrogen-bond donors (Lipinski definition) is 1. The number of carboxylic acids is 1. The normalized spacial score (nSPS) is 12.4. The van der Waals surface area contributed by atoms with Crippen molar-refractivity contribution < 1.29 is 9.90 Å². The molecule has 0 amide bonds. The first-order chi connectivity index (χ1) is 8.09. The molecule has 88 valence electrons. The number of carbonyl (C=O) groups is 1. The molecule has 0 saturated carbocycles. The summed E-state index contributed by atoms with van der Waals surface area (Å²) < 4.78 is 1.66. The first-order valence-electron chi connectivity index (χ1n) is 5.41. The van der Waals surface area contributed by atoms with Gasteiger partial charge in [-0.3, -0.25) is 0 Å². The number of hydrogen-bond acceptors (Lipinski definition) is 2. The summed E-state index contributed by atoms with van der Waals surface area (Å²) in [4.78, 5) is 14.9. The highest BCUT2D eigenvalue weighted by Crippen LogP contribution is 2.20. The van der Waals surface area contributed by atoms with Gasteiger partial charge in [-0.05, 0) is 19.4 Å². The van der Waals surface area contributed by atoms with E-state index in [0.29, 0.717) is 0 Å². The Morgan fingerprint density at radius 1 is 1.35 bits per heavy atom. The van der Waals surface area contributed by atoms with Crippen LogP contribution >= 0.6 is 0 Å². The van der Waals surface area contributed by atoms with E-state index in [-0.39, 0.29) is 11.7 Å². The third-order valence-corrected chi connectivity index (χ3v) is 2.86. The summed E-state index contributed by atoms with van der Waals surface area (Å²) in [6, 6.07) is 8.01. The maximum Gasteiger partial charge on any atom is 0.354 e. The summed E-state index contributed by atoms with van der Waals surface area (Å²) in [5.41, 5.74) is 2.46. The number of imidazole rings is 1. The van der Waals surface area contributed by atoms with Gasteiger partial charge in [-0.25, -0.2) is 9.78 Å². The van der Waals surface area contributed by atoms with Gasteiger partial charge in [0.05, 0.1) is 18.6 Å². The van der Waals surface area contributed by atoms with Gasteiger partial charge in [-0.15, -0.1) is 0 Å². The number of nitrogens with zero attached hydrogens (tertiary/aromatic N) is 2. The van der Waals surface area contributed by atoms with Gasteiger partial charge < -0.3 is 9.67 Å². The first-order valence-corrected chi connectivity index (χ1v) is 5.41. The van der Waals surface area contributed by atoms with Crippen molar-refractivity contribution in [2.75, 3.05) is 0 Å². The van der Waals surface area contributed by atoms with Gasteiger partial charge in [0.1, 0.15) is 5.69 Å². The van der Waals surface area contributed by atoms with E-state index in [1.807, 2.05) is 38.1 Å². The van der Waals surface area contributed by atoms with Crippen LogP contribution < -0.4 is 0 Å². The molecule has 1 N–H and O–H groups in total. The van der Waals surface area contributed by atoms with E-state index in [9.17, 15) is 4.79 Å². The second-order valence-electron chi connectivity index (χ2n) is 4.08. The predicted octanol–water partition coefficient (Wildman–Crippen LogP) is 2.50. The summed E-state index contributed by atoms with van der Waals surface area (Å²) >= 11 is 0. The van der Waals surface area contributed by atoms with E-state index in [0.717, 1.165) is 5.56 Å². The van der Waals surface area contributed by atoms with Gasteiger partial charge in [0, 0.05) is 0 Å². The van der Waals surface area contributed by atoms with Gasteiger partial charge in [-0.2, -0.15) is 0 Å². The maximum atomic E-state index is 11.0.